The van der Waals surface area contributed by atoms with E-state index in [4.69, 9.17) is 9.47 Å². The molecule has 0 aromatic heterocycles. The Morgan fingerprint density at radius 3 is 1.58 bits per heavy atom. The van der Waals surface area contributed by atoms with Crippen molar-refractivity contribution in [1.29, 1.82) is 0 Å². The second-order valence-electron chi connectivity index (χ2n) is 21.2. The van der Waals surface area contributed by atoms with Crippen molar-refractivity contribution in [2.75, 3.05) is 145 Å². The molecular weight excluding hydrogens is 1010 g/mol. The van der Waals surface area contributed by atoms with Crippen LogP contribution < -0.4 is 19.9 Å². The first-order chi connectivity index (χ1) is 36.5. The van der Waals surface area contributed by atoms with Gasteiger partial charge in [0.1, 0.15) is 18.2 Å². The molecule has 3 saturated heterocycles. The monoisotopic (exact) mass is 1090 g/mol. The number of ketones is 1. The predicted octanol–water partition coefficient (Wildman–Crippen LogP) is 8.19. The number of sulfonamides is 1. The third-order valence-electron chi connectivity index (χ3n) is 13.8. The average molecular weight is 1090 g/mol. The van der Waals surface area contributed by atoms with Crippen LogP contribution in [0.1, 0.15) is 55.2 Å². The van der Waals surface area contributed by atoms with Crippen molar-refractivity contribution in [3.63, 3.8) is 0 Å². The Kier molecular flexibility index (Phi) is 26.8. The minimum Gasteiger partial charge on any atom is -0.497 e. The molecule has 7 rings (SSSR count). The maximum Gasteiger partial charge on any atom is 0.272 e. The van der Waals surface area contributed by atoms with Crippen molar-refractivity contribution in [1.82, 2.24) is 24.3 Å². The summed E-state index contributed by atoms with van der Waals surface area (Å²) in [6, 6.07) is 23.1. The fourth-order valence-electron chi connectivity index (χ4n) is 9.99. The van der Waals surface area contributed by atoms with Gasteiger partial charge in [0.05, 0.1) is 34.5 Å². The van der Waals surface area contributed by atoms with Gasteiger partial charge in [-0.15, -0.1) is 0 Å². The smallest absolute Gasteiger partial charge is 0.272 e. The molecule has 0 spiro atoms. The number of nitrogens with one attached hydrogen (secondary N) is 1. The number of Topliss-reactive ketones (excluding diaryl/α,β-unsaturated/α-hetero) is 1. The Bertz CT molecular complexity index is 2540. The van der Waals surface area contributed by atoms with E-state index in [1.807, 2.05) is 18.2 Å². The summed E-state index contributed by atoms with van der Waals surface area (Å²) >= 11 is 0. The highest BCUT2D eigenvalue weighted by molar-refractivity contribution is 7.89. The van der Waals surface area contributed by atoms with E-state index in [1.54, 1.807) is 51.3 Å². The number of non-ortho nitro benzene ring substituents is 2. The molecule has 20 heteroatoms. The molecule has 1 N–H and O–H groups in total. The lowest BCUT2D eigenvalue weighted by atomic mass is 9.95. The molecule has 426 valence electrons. The number of halogens is 1. The molecule has 3 heterocycles. The Balaban J connectivity index is 0.000000267. The lowest BCUT2D eigenvalue weighted by Gasteiger charge is -2.34. The lowest BCUT2D eigenvalue weighted by molar-refractivity contribution is -0.385. The van der Waals surface area contributed by atoms with Gasteiger partial charge in [-0.3, -0.25) is 25.0 Å². The number of ether oxygens (including phenoxy) is 2. The van der Waals surface area contributed by atoms with E-state index in [0.717, 1.165) is 98.9 Å². The number of hydrogen-bond donors (Lipinski definition) is 1. The van der Waals surface area contributed by atoms with E-state index >= 15 is 0 Å². The van der Waals surface area contributed by atoms with E-state index < -0.39 is 20.8 Å². The SMILES string of the molecule is CN(C)CC1CCN(c2cccc([N+](=O)[O-])c2)CC1.CN(C)CC1CCNCC1.COc1cc(C)c(S(=O)(=O)N(C)CCOCC(=O)Cc2cccc(N3CCC(CN(C)C)CC3)c2)c(C)c1.O=[N+]([O-])c1cccc(F)c1. The number of nitro groups is 2. The zero-order chi connectivity index (χ0) is 56.7. The molecule has 0 saturated carbocycles. The van der Waals surface area contributed by atoms with Crippen LogP contribution in [0.4, 0.5) is 27.1 Å². The summed E-state index contributed by atoms with van der Waals surface area (Å²) in [7, 11) is 12.2. The lowest BCUT2D eigenvalue weighted by Crippen LogP contribution is -2.37. The number of piperidine rings is 3. The number of methoxy groups -OCH3 is 1. The molecule has 3 aliphatic heterocycles. The number of nitrogens with zero attached hydrogens (tertiary/aromatic N) is 8. The Hall–Kier alpha value is -5.61. The second kappa shape index (κ2) is 32.3. The quantitative estimate of drug-likeness (QED) is 0.0507. The number of carbonyl (C=O) groups is 1. The summed E-state index contributed by atoms with van der Waals surface area (Å²) in [6.07, 6.45) is 7.68. The van der Waals surface area contributed by atoms with Crippen molar-refractivity contribution < 1.29 is 36.9 Å². The normalized spacial score (nSPS) is 15.6. The van der Waals surface area contributed by atoms with Crippen molar-refractivity contribution in [3.05, 3.63) is 128 Å². The number of nitro benzene ring substituents is 2. The third kappa shape index (κ3) is 22.3. The minimum atomic E-state index is -3.69. The number of aryl methyl sites for hydroxylation is 2. The third-order valence-corrected chi connectivity index (χ3v) is 16.0. The van der Waals surface area contributed by atoms with Crippen molar-refractivity contribution in [2.45, 2.75) is 63.7 Å². The maximum atomic E-state index is 13.1. The van der Waals surface area contributed by atoms with Crippen LogP contribution in [-0.4, -0.2) is 178 Å². The molecule has 4 aromatic rings. The van der Waals surface area contributed by atoms with Gasteiger partial charge < -0.3 is 39.3 Å². The van der Waals surface area contributed by atoms with Gasteiger partial charge >= 0.3 is 0 Å². The summed E-state index contributed by atoms with van der Waals surface area (Å²) in [6.45, 7) is 13.8. The molecule has 3 aliphatic rings. The Labute approximate surface area is 457 Å². The zero-order valence-electron chi connectivity index (χ0n) is 47.3. The van der Waals surface area contributed by atoms with E-state index in [9.17, 15) is 37.8 Å². The molecule has 77 heavy (non-hydrogen) atoms. The molecule has 0 aliphatic carbocycles. The first-order valence-electron chi connectivity index (χ1n) is 26.6. The Morgan fingerprint density at radius 2 is 1.13 bits per heavy atom. The number of anilines is 2. The number of likely N-dealkylation sites (N-methyl/N-ethyl adjacent to an activating group) is 1. The predicted molar refractivity (Wildman–Crippen MR) is 306 cm³/mol. The highest BCUT2D eigenvalue weighted by Gasteiger charge is 2.26. The molecule has 0 amide bonds. The van der Waals surface area contributed by atoms with Crippen LogP contribution >= 0.6 is 0 Å². The van der Waals surface area contributed by atoms with Crippen LogP contribution in [0.2, 0.25) is 0 Å². The fourth-order valence-corrected chi connectivity index (χ4v) is 11.5. The van der Waals surface area contributed by atoms with Gasteiger partial charge in [-0.1, -0.05) is 24.3 Å². The molecule has 4 aromatic carbocycles. The van der Waals surface area contributed by atoms with Crippen LogP contribution in [0.5, 0.6) is 5.75 Å². The molecule has 0 unspecified atom stereocenters. The van der Waals surface area contributed by atoms with Gasteiger partial charge in [-0.2, -0.15) is 4.31 Å². The molecular formula is C57H86FN9O9S. The van der Waals surface area contributed by atoms with Crippen LogP contribution in [-0.2, 0) is 26.0 Å². The van der Waals surface area contributed by atoms with E-state index in [-0.39, 0.29) is 46.7 Å². The van der Waals surface area contributed by atoms with Crippen LogP contribution in [0, 0.1) is 57.6 Å². The van der Waals surface area contributed by atoms with Gasteiger partial charge in [0, 0.05) is 95.4 Å². The average Bonchev–Trinajstić information content (AvgIpc) is 3.39. The summed E-state index contributed by atoms with van der Waals surface area (Å²) < 4.78 is 50.5. The van der Waals surface area contributed by atoms with E-state index in [0.29, 0.717) is 23.3 Å². The van der Waals surface area contributed by atoms with E-state index in [2.05, 4.69) is 84.2 Å². The van der Waals surface area contributed by atoms with Crippen LogP contribution in [0.25, 0.3) is 0 Å². The van der Waals surface area contributed by atoms with Crippen LogP contribution in [0.3, 0.4) is 0 Å². The van der Waals surface area contributed by atoms with Crippen molar-refractivity contribution in [2.24, 2.45) is 17.8 Å². The number of hydrogen-bond acceptors (Lipinski definition) is 15. The van der Waals surface area contributed by atoms with Crippen LogP contribution in [0.15, 0.2) is 89.8 Å². The maximum absolute atomic E-state index is 13.1. The molecule has 0 bridgehead atoms. The summed E-state index contributed by atoms with van der Waals surface area (Å²) in [5.74, 6) is 2.43. The van der Waals surface area contributed by atoms with Gasteiger partial charge in [-0.25, -0.2) is 12.8 Å². The molecule has 3 fully saturated rings. The topological polar surface area (TPSA) is 187 Å². The van der Waals surface area contributed by atoms with Gasteiger partial charge in [0.15, 0.2) is 5.78 Å². The summed E-state index contributed by atoms with van der Waals surface area (Å²) in [4.78, 5) is 44.1. The largest absolute Gasteiger partial charge is 0.497 e. The number of rotatable bonds is 20. The number of benzene rings is 4. The molecule has 0 atom stereocenters. The van der Waals surface area contributed by atoms with Crippen molar-refractivity contribution >= 4 is 38.6 Å². The highest BCUT2D eigenvalue weighted by Crippen LogP contribution is 2.29. The zero-order valence-corrected chi connectivity index (χ0v) is 48.1. The summed E-state index contributed by atoms with van der Waals surface area (Å²) in [5.41, 5.74) is 4.31. The first-order valence-corrected chi connectivity index (χ1v) is 28.1. The van der Waals surface area contributed by atoms with Gasteiger partial charge in [0.2, 0.25) is 10.0 Å². The van der Waals surface area contributed by atoms with Gasteiger partial charge in [0.25, 0.3) is 11.4 Å². The molecule has 0 radical (unpaired) electrons. The fraction of sp³-hybridized carbons (Fsp3) is 0.561. The Morgan fingerprint density at radius 1 is 0.675 bits per heavy atom. The standard InChI is InChI=1S/C29H43N3O5S.C14H21N3O2.C8H18N2.C6H4FNO2/c1-22-16-28(36-6)17-23(2)29(22)38(34,35)31(5)14-15-37-21-27(33)19-25-8-7-9-26(18-25)32-12-10-24(11-13-32)20-30(3)4;1-15(2)11-12-6-8-16(9-7-12)13-4-3-5-14(10-13)17(18)19;1-10(2)7-8-3-5-9-6-4-8;7-5-2-1-3-6(4-5)8(9)10/h7-9,16-18,24H,10-15,19-21H2,1-6H3;3-5,10,12H,6-9,11H2,1-2H3;8-9H,3-7H2,1-2H3;1-4H. The van der Waals surface area contributed by atoms with Gasteiger partial charge in [-0.05, 0) is 179 Å². The minimum absolute atomic E-state index is 0.0285. The number of carbonyl (C=O) groups excluding carboxylic acids is 1. The second-order valence-corrected chi connectivity index (χ2v) is 23.2. The molecule has 18 nitrogen and oxygen atoms in total. The summed E-state index contributed by atoms with van der Waals surface area (Å²) in [5, 5.41) is 24.2. The van der Waals surface area contributed by atoms with E-state index in [1.165, 1.54) is 68.8 Å². The first kappa shape index (κ1) is 63.9. The van der Waals surface area contributed by atoms with Crippen molar-refractivity contribution in [3.8, 4) is 5.75 Å². The highest BCUT2D eigenvalue weighted by atomic mass is 32.2.